The minimum atomic E-state index is -0.181. The van der Waals surface area contributed by atoms with Crippen molar-refractivity contribution >= 4 is 16.8 Å². The molecule has 17 heavy (non-hydrogen) atoms. The van der Waals surface area contributed by atoms with Crippen LogP contribution in [0.1, 0.15) is 20.8 Å². The number of rotatable bonds is 2. The third-order valence-corrected chi connectivity index (χ3v) is 2.51. The van der Waals surface area contributed by atoms with Crippen LogP contribution >= 0.6 is 0 Å². The van der Waals surface area contributed by atoms with Crippen LogP contribution in [0, 0.1) is 0 Å². The van der Waals surface area contributed by atoms with Crippen LogP contribution in [0.25, 0.3) is 10.9 Å². The quantitative estimate of drug-likeness (QED) is 0.845. The van der Waals surface area contributed by atoms with Gasteiger partial charge in [-0.05, 0) is 38.3 Å². The van der Waals surface area contributed by atoms with Crippen LogP contribution in [-0.4, -0.2) is 16.0 Å². The molecule has 0 saturated heterocycles. The number of aromatic nitrogens is 1. The average Bonchev–Trinajstić information content (AvgIpc) is 2.59. The Morgan fingerprint density at radius 2 is 1.94 bits per heavy atom. The first kappa shape index (κ1) is 11.7. The molecule has 1 heterocycles. The molecule has 1 aromatic carbocycles. The van der Waals surface area contributed by atoms with E-state index in [9.17, 15) is 4.79 Å². The first-order valence-electron chi connectivity index (χ1n) is 5.81. The molecule has 0 fully saturated rings. The summed E-state index contributed by atoms with van der Waals surface area (Å²) in [6.07, 6.45) is 1.95. The van der Waals surface area contributed by atoms with Gasteiger partial charge in [0.25, 0.3) is 0 Å². The van der Waals surface area contributed by atoms with E-state index in [1.165, 1.54) is 0 Å². The SMILES string of the molecule is CC(C)(C)NC(=O)Cn1ccc2ccccc21. The van der Waals surface area contributed by atoms with E-state index in [4.69, 9.17) is 0 Å². The predicted molar refractivity (Wildman–Crippen MR) is 69.8 cm³/mol. The number of nitrogens with one attached hydrogen (secondary N) is 1. The Morgan fingerprint density at radius 3 is 2.65 bits per heavy atom. The monoisotopic (exact) mass is 230 g/mol. The van der Waals surface area contributed by atoms with Crippen molar-refractivity contribution in [2.24, 2.45) is 0 Å². The minimum Gasteiger partial charge on any atom is -0.350 e. The van der Waals surface area contributed by atoms with E-state index in [0.717, 1.165) is 10.9 Å². The molecule has 1 N–H and O–H groups in total. The van der Waals surface area contributed by atoms with Gasteiger partial charge in [-0.25, -0.2) is 0 Å². The molecule has 0 saturated carbocycles. The third kappa shape index (κ3) is 2.87. The smallest absolute Gasteiger partial charge is 0.240 e. The second-order valence-corrected chi connectivity index (χ2v) is 5.30. The molecule has 0 atom stereocenters. The lowest BCUT2D eigenvalue weighted by molar-refractivity contribution is -0.123. The second kappa shape index (κ2) is 4.24. The van der Waals surface area contributed by atoms with Crippen molar-refractivity contribution in [1.29, 1.82) is 0 Å². The van der Waals surface area contributed by atoms with Gasteiger partial charge in [0.2, 0.25) is 5.91 Å². The third-order valence-electron chi connectivity index (χ3n) is 2.51. The van der Waals surface area contributed by atoms with E-state index in [-0.39, 0.29) is 11.4 Å². The van der Waals surface area contributed by atoms with Gasteiger partial charge in [0.1, 0.15) is 6.54 Å². The van der Waals surface area contributed by atoms with Crippen LogP contribution in [-0.2, 0) is 11.3 Å². The highest BCUT2D eigenvalue weighted by molar-refractivity contribution is 5.83. The maximum Gasteiger partial charge on any atom is 0.240 e. The van der Waals surface area contributed by atoms with Gasteiger partial charge in [0, 0.05) is 17.3 Å². The van der Waals surface area contributed by atoms with Gasteiger partial charge in [-0.2, -0.15) is 0 Å². The molecule has 0 bridgehead atoms. The summed E-state index contributed by atoms with van der Waals surface area (Å²) in [6, 6.07) is 10.1. The van der Waals surface area contributed by atoms with Crippen molar-refractivity contribution in [2.45, 2.75) is 32.9 Å². The van der Waals surface area contributed by atoms with Crippen molar-refractivity contribution < 1.29 is 4.79 Å². The fourth-order valence-electron chi connectivity index (χ4n) is 1.89. The summed E-state index contributed by atoms with van der Waals surface area (Å²) in [7, 11) is 0. The van der Waals surface area contributed by atoms with Crippen LogP contribution in [0.5, 0.6) is 0 Å². The topological polar surface area (TPSA) is 34.0 Å². The molecule has 3 nitrogen and oxygen atoms in total. The molecule has 2 aromatic rings. The maximum absolute atomic E-state index is 11.8. The molecule has 90 valence electrons. The van der Waals surface area contributed by atoms with Gasteiger partial charge in [-0.3, -0.25) is 4.79 Å². The number of nitrogens with zero attached hydrogens (tertiary/aromatic N) is 1. The average molecular weight is 230 g/mol. The molecule has 1 amide bonds. The second-order valence-electron chi connectivity index (χ2n) is 5.30. The highest BCUT2D eigenvalue weighted by Gasteiger charge is 2.14. The zero-order valence-corrected chi connectivity index (χ0v) is 10.5. The van der Waals surface area contributed by atoms with Crippen molar-refractivity contribution in [2.75, 3.05) is 0 Å². The fourth-order valence-corrected chi connectivity index (χ4v) is 1.89. The first-order chi connectivity index (χ1) is 7.96. The Morgan fingerprint density at radius 1 is 1.24 bits per heavy atom. The minimum absolute atomic E-state index is 0.0406. The molecular formula is C14H18N2O. The first-order valence-corrected chi connectivity index (χ1v) is 5.81. The molecule has 0 unspecified atom stereocenters. The highest BCUT2D eigenvalue weighted by atomic mass is 16.2. The summed E-state index contributed by atoms with van der Waals surface area (Å²) in [6.45, 7) is 6.32. The van der Waals surface area contributed by atoms with E-state index in [1.54, 1.807) is 0 Å². The zero-order chi connectivity index (χ0) is 12.5. The molecule has 0 aliphatic carbocycles. The molecule has 3 heteroatoms. The highest BCUT2D eigenvalue weighted by Crippen LogP contribution is 2.14. The zero-order valence-electron chi connectivity index (χ0n) is 10.5. The van der Waals surface area contributed by atoms with E-state index in [0.29, 0.717) is 6.54 Å². The van der Waals surface area contributed by atoms with Crippen LogP contribution < -0.4 is 5.32 Å². The Balaban J connectivity index is 2.16. The Kier molecular flexibility index (Phi) is 2.92. The number of para-hydroxylation sites is 1. The number of carbonyl (C=O) groups is 1. The molecule has 0 aliphatic rings. The van der Waals surface area contributed by atoms with Gasteiger partial charge < -0.3 is 9.88 Å². The normalized spacial score (nSPS) is 11.7. The van der Waals surface area contributed by atoms with Crippen LogP contribution in [0.2, 0.25) is 0 Å². The number of fused-ring (bicyclic) bond motifs is 1. The molecule has 0 spiro atoms. The number of amides is 1. The Labute approximate surface area is 101 Å². The summed E-state index contributed by atoms with van der Waals surface area (Å²) in [5, 5.41) is 4.13. The predicted octanol–water partition coefficient (Wildman–Crippen LogP) is 2.56. The van der Waals surface area contributed by atoms with Crippen LogP contribution in [0.15, 0.2) is 36.5 Å². The fraction of sp³-hybridized carbons (Fsp3) is 0.357. The largest absolute Gasteiger partial charge is 0.350 e. The molecular weight excluding hydrogens is 212 g/mol. The molecule has 1 aromatic heterocycles. The van der Waals surface area contributed by atoms with Crippen LogP contribution in [0.4, 0.5) is 0 Å². The van der Waals surface area contributed by atoms with E-state index in [1.807, 2.05) is 61.9 Å². The van der Waals surface area contributed by atoms with Crippen molar-refractivity contribution in [3.63, 3.8) is 0 Å². The van der Waals surface area contributed by atoms with Gasteiger partial charge in [0.05, 0.1) is 0 Å². The van der Waals surface area contributed by atoms with E-state index < -0.39 is 0 Å². The summed E-state index contributed by atoms with van der Waals surface area (Å²) >= 11 is 0. The summed E-state index contributed by atoms with van der Waals surface area (Å²) in [4.78, 5) is 11.8. The van der Waals surface area contributed by atoms with Gasteiger partial charge in [-0.15, -0.1) is 0 Å². The maximum atomic E-state index is 11.8. The molecule has 0 radical (unpaired) electrons. The van der Waals surface area contributed by atoms with E-state index in [2.05, 4.69) is 5.32 Å². The number of benzene rings is 1. The van der Waals surface area contributed by atoms with E-state index >= 15 is 0 Å². The Bertz CT molecular complexity index is 534. The molecule has 2 rings (SSSR count). The Hall–Kier alpha value is -1.77. The van der Waals surface area contributed by atoms with Crippen LogP contribution in [0.3, 0.4) is 0 Å². The lowest BCUT2D eigenvalue weighted by Crippen LogP contribution is -2.42. The van der Waals surface area contributed by atoms with Gasteiger partial charge >= 0.3 is 0 Å². The summed E-state index contributed by atoms with van der Waals surface area (Å²) < 4.78 is 1.97. The van der Waals surface area contributed by atoms with Gasteiger partial charge in [0.15, 0.2) is 0 Å². The van der Waals surface area contributed by atoms with Gasteiger partial charge in [-0.1, -0.05) is 18.2 Å². The number of hydrogen-bond acceptors (Lipinski definition) is 1. The summed E-state index contributed by atoms with van der Waals surface area (Å²) in [5.74, 6) is 0.0406. The lowest BCUT2D eigenvalue weighted by atomic mass is 10.1. The number of carbonyl (C=O) groups excluding carboxylic acids is 1. The van der Waals surface area contributed by atoms with Crippen molar-refractivity contribution in [3.8, 4) is 0 Å². The number of hydrogen-bond donors (Lipinski definition) is 1. The van der Waals surface area contributed by atoms with Crippen molar-refractivity contribution in [3.05, 3.63) is 36.5 Å². The summed E-state index contributed by atoms with van der Waals surface area (Å²) in [5.41, 5.74) is 0.914. The molecule has 0 aliphatic heterocycles. The lowest BCUT2D eigenvalue weighted by Gasteiger charge is -2.20. The van der Waals surface area contributed by atoms with Crippen molar-refractivity contribution in [1.82, 2.24) is 9.88 Å². The standard InChI is InChI=1S/C14H18N2O/c1-14(2,3)15-13(17)10-16-9-8-11-6-4-5-7-12(11)16/h4-9H,10H2,1-3H3,(H,15,17).